The summed E-state index contributed by atoms with van der Waals surface area (Å²) in [5.74, 6) is -0.483. The summed E-state index contributed by atoms with van der Waals surface area (Å²) in [6.07, 6.45) is -0.358. The van der Waals surface area contributed by atoms with Crippen LogP contribution < -0.4 is 10.4 Å². The number of rotatable bonds is 5. The molecule has 0 bridgehead atoms. The highest BCUT2D eigenvalue weighted by Gasteiger charge is 2.15. The van der Waals surface area contributed by atoms with Gasteiger partial charge in [-0.05, 0) is 47.9 Å². The molecule has 0 aliphatic heterocycles. The first-order valence-corrected chi connectivity index (χ1v) is 9.32. The Hall–Kier alpha value is -3.60. The average Bonchev–Trinajstić information content (AvgIpc) is 2.70. The van der Waals surface area contributed by atoms with Crippen LogP contribution in [0.15, 0.2) is 63.8 Å². The van der Waals surface area contributed by atoms with Crippen LogP contribution in [-0.2, 0) is 17.8 Å². The lowest BCUT2D eigenvalue weighted by Gasteiger charge is -2.13. The van der Waals surface area contributed by atoms with Gasteiger partial charge in [-0.2, -0.15) is 0 Å². The minimum absolute atomic E-state index is 0.171. The fourth-order valence-corrected chi connectivity index (χ4v) is 3.61. The van der Waals surface area contributed by atoms with Gasteiger partial charge in [0.25, 0.3) is 0 Å². The lowest BCUT2D eigenvalue weighted by Crippen LogP contribution is -2.14. The highest BCUT2D eigenvalue weighted by molar-refractivity contribution is 5.87. The molecule has 4 rings (SSSR count). The van der Waals surface area contributed by atoms with E-state index in [1.165, 1.54) is 0 Å². The SMILES string of the molecule is Cc1ccc2ccccc2c1COc1ccc2c(C)c(CC(=O)O)c(=O)oc2c1. The van der Waals surface area contributed by atoms with Crippen molar-refractivity contribution in [1.82, 2.24) is 0 Å². The zero-order valence-electron chi connectivity index (χ0n) is 16.2. The van der Waals surface area contributed by atoms with E-state index in [9.17, 15) is 9.59 Å². The third-order valence-corrected chi connectivity index (χ3v) is 5.24. The summed E-state index contributed by atoms with van der Waals surface area (Å²) >= 11 is 0. The lowest BCUT2D eigenvalue weighted by molar-refractivity contribution is -0.136. The summed E-state index contributed by atoms with van der Waals surface area (Å²) in [5, 5.41) is 12.0. The maximum absolute atomic E-state index is 12.2. The highest BCUT2D eigenvalue weighted by atomic mass is 16.5. The number of hydrogen-bond donors (Lipinski definition) is 1. The van der Waals surface area contributed by atoms with Crippen LogP contribution >= 0.6 is 0 Å². The molecule has 0 saturated carbocycles. The van der Waals surface area contributed by atoms with Gasteiger partial charge in [0, 0.05) is 17.0 Å². The molecule has 0 saturated heterocycles. The number of benzene rings is 3. The van der Waals surface area contributed by atoms with Crippen LogP contribution in [0.4, 0.5) is 0 Å². The first-order chi connectivity index (χ1) is 13.9. The van der Waals surface area contributed by atoms with E-state index in [1.807, 2.05) is 12.1 Å². The van der Waals surface area contributed by atoms with E-state index in [2.05, 4.69) is 31.2 Å². The molecule has 1 heterocycles. The highest BCUT2D eigenvalue weighted by Crippen LogP contribution is 2.27. The van der Waals surface area contributed by atoms with Gasteiger partial charge in [0.1, 0.15) is 17.9 Å². The fourth-order valence-electron chi connectivity index (χ4n) is 3.61. The van der Waals surface area contributed by atoms with Crippen molar-refractivity contribution < 1.29 is 19.1 Å². The van der Waals surface area contributed by atoms with Crippen LogP contribution in [0.1, 0.15) is 22.3 Å². The molecule has 3 aromatic carbocycles. The molecule has 0 aliphatic carbocycles. The van der Waals surface area contributed by atoms with Crippen LogP contribution in [0.5, 0.6) is 5.75 Å². The van der Waals surface area contributed by atoms with Crippen LogP contribution in [-0.4, -0.2) is 11.1 Å². The molecule has 1 aromatic heterocycles. The van der Waals surface area contributed by atoms with Gasteiger partial charge in [-0.25, -0.2) is 4.79 Å². The predicted molar refractivity (Wildman–Crippen MR) is 112 cm³/mol. The zero-order chi connectivity index (χ0) is 20.5. The third kappa shape index (κ3) is 3.59. The molecule has 29 heavy (non-hydrogen) atoms. The molecule has 5 nitrogen and oxygen atoms in total. The van der Waals surface area contributed by atoms with Crippen LogP contribution in [0, 0.1) is 13.8 Å². The summed E-state index contributed by atoms with van der Waals surface area (Å²) in [7, 11) is 0. The minimum Gasteiger partial charge on any atom is -0.489 e. The number of aryl methyl sites for hydroxylation is 2. The summed E-state index contributed by atoms with van der Waals surface area (Å²) < 4.78 is 11.4. The number of aliphatic carboxylic acids is 1. The molecule has 4 aromatic rings. The molecular formula is C24H20O5. The molecule has 0 fully saturated rings. The van der Waals surface area contributed by atoms with Crippen molar-refractivity contribution in [3.8, 4) is 5.75 Å². The summed E-state index contributed by atoms with van der Waals surface area (Å²) in [6.45, 7) is 4.18. The van der Waals surface area contributed by atoms with Crippen molar-refractivity contribution in [3.63, 3.8) is 0 Å². The predicted octanol–water partition coefficient (Wildman–Crippen LogP) is 4.77. The lowest BCUT2D eigenvalue weighted by atomic mass is 10.0. The Labute approximate surface area is 167 Å². The molecule has 0 radical (unpaired) electrons. The quantitative estimate of drug-likeness (QED) is 0.499. The van der Waals surface area contributed by atoms with Gasteiger partial charge in [0.15, 0.2) is 0 Å². The van der Waals surface area contributed by atoms with Crippen molar-refractivity contribution in [2.45, 2.75) is 26.9 Å². The Balaban J connectivity index is 1.67. The molecule has 146 valence electrons. The molecule has 0 aliphatic rings. The molecular weight excluding hydrogens is 368 g/mol. The second-order valence-corrected chi connectivity index (χ2v) is 7.09. The van der Waals surface area contributed by atoms with Crippen LogP contribution in [0.25, 0.3) is 21.7 Å². The van der Waals surface area contributed by atoms with E-state index in [1.54, 1.807) is 25.1 Å². The smallest absolute Gasteiger partial charge is 0.340 e. The number of fused-ring (bicyclic) bond motifs is 2. The molecule has 1 N–H and O–H groups in total. The van der Waals surface area contributed by atoms with E-state index in [-0.39, 0.29) is 12.0 Å². The van der Waals surface area contributed by atoms with Crippen molar-refractivity contribution in [2.75, 3.05) is 0 Å². The Morgan fingerprint density at radius 2 is 1.79 bits per heavy atom. The monoisotopic (exact) mass is 388 g/mol. The Bertz CT molecular complexity index is 1300. The Morgan fingerprint density at radius 1 is 1.00 bits per heavy atom. The van der Waals surface area contributed by atoms with E-state index in [0.29, 0.717) is 28.9 Å². The van der Waals surface area contributed by atoms with Crippen molar-refractivity contribution in [1.29, 1.82) is 0 Å². The van der Waals surface area contributed by atoms with Gasteiger partial charge in [0.05, 0.1) is 12.0 Å². The van der Waals surface area contributed by atoms with Crippen molar-refractivity contribution in [3.05, 3.63) is 87.3 Å². The third-order valence-electron chi connectivity index (χ3n) is 5.24. The maximum Gasteiger partial charge on any atom is 0.340 e. The second kappa shape index (κ2) is 7.43. The molecule has 0 spiro atoms. The van der Waals surface area contributed by atoms with Gasteiger partial charge in [-0.15, -0.1) is 0 Å². The largest absolute Gasteiger partial charge is 0.489 e. The van der Waals surface area contributed by atoms with Crippen LogP contribution in [0.3, 0.4) is 0 Å². The maximum atomic E-state index is 12.2. The van der Waals surface area contributed by atoms with Gasteiger partial charge >= 0.3 is 11.6 Å². The molecule has 5 heteroatoms. The first-order valence-electron chi connectivity index (χ1n) is 9.32. The normalized spacial score (nSPS) is 11.1. The van der Waals surface area contributed by atoms with E-state index in [0.717, 1.165) is 21.9 Å². The standard InChI is InChI=1S/C24H20O5/c1-14-7-8-16-5-3-4-6-19(16)21(14)13-28-17-9-10-18-15(2)20(12-23(25)26)24(27)29-22(18)11-17/h3-11H,12-13H2,1-2H3,(H,25,26). The van der Waals surface area contributed by atoms with E-state index >= 15 is 0 Å². The summed E-state index contributed by atoms with van der Waals surface area (Å²) in [6, 6.07) is 17.6. The van der Waals surface area contributed by atoms with Crippen molar-refractivity contribution >= 4 is 27.7 Å². The van der Waals surface area contributed by atoms with Gasteiger partial charge in [-0.3, -0.25) is 4.79 Å². The number of ether oxygens (including phenoxy) is 1. The van der Waals surface area contributed by atoms with E-state index < -0.39 is 11.6 Å². The van der Waals surface area contributed by atoms with E-state index in [4.69, 9.17) is 14.3 Å². The number of carbonyl (C=O) groups is 1. The van der Waals surface area contributed by atoms with Gasteiger partial charge < -0.3 is 14.3 Å². The first kappa shape index (κ1) is 18.7. The molecule has 0 unspecified atom stereocenters. The summed E-state index contributed by atoms with van der Waals surface area (Å²) in [4.78, 5) is 23.2. The van der Waals surface area contributed by atoms with Gasteiger partial charge in [-0.1, -0.05) is 36.4 Å². The molecule has 0 amide bonds. The average molecular weight is 388 g/mol. The second-order valence-electron chi connectivity index (χ2n) is 7.09. The summed E-state index contributed by atoms with van der Waals surface area (Å²) in [5.41, 5.74) is 2.80. The number of carboxylic acid groups (broad SMARTS) is 1. The van der Waals surface area contributed by atoms with Gasteiger partial charge in [0.2, 0.25) is 0 Å². The topological polar surface area (TPSA) is 76.7 Å². The molecule has 0 atom stereocenters. The van der Waals surface area contributed by atoms with Crippen LogP contribution in [0.2, 0.25) is 0 Å². The Morgan fingerprint density at radius 3 is 2.59 bits per heavy atom. The Kier molecular flexibility index (Phi) is 4.80. The zero-order valence-corrected chi connectivity index (χ0v) is 16.2. The number of hydrogen-bond acceptors (Lipinski definition) is 4. The fraction of sp³-hybridized carbons (Fsp3) is 0.167. The minimum atomic E-state index is -1.06. The van der Waals surface area contributed by atoms with Crippen molar-refractivity contribution in [2.24, 2.45) is 0 Å². The number of carboxylic acids is 1.